The molecule has 84 valence electrons. The molecule has 5 heteroatoms. The predicted molar refractivity (Wildman–Crippen MR) is 66.5 cm³/mol. The summed E-state index contributed by atoms with van der Waals surface area (Å²) in [5, 5.41) is 10.2. The van der Waals surface area contributed by atoms with E-state index in [1.165, 1.54) is 0 Å². The Labute approximate surface area is 103 Å². The number of aliphatic carboxylic acids is 1. The third-order valence-corrected chi connectivity index (χ3v) is 3.60. The lowest BCUT2D eigenvalue weighted by Gasteiger charge is -1.99. The van der Waals surface area contributed by atoms with E-state index in [0.29, 0.717) is 5.02 Å². The zero-order valence-electron chi connectivity index (χ0n) is 8.39. The Morgan fingerprint density at radius 2 is 2.44 bits per heavy atom. The summed E-state index contributed by atoms with van der Waals surface area (Å²) in [7, 11) is 0. The highest BCUT2D eigenvalue weighted by Gasteiger charge is 2.21. The molecule has 0 radical (unpaired) electrons. The highest BCUT2D eigenvalue weighted by molar-refractivity contribution is 8.14. The molecule has 0 saturated carbocycles. The van der Waals surface area contributed by atoms with Gasteiger partial charge in [-0.05, 0) is 12.1 Å². The van der Waals surface area contributed by atoms with Crippen molar-refractivity contribution in [3.05, 3.63) is 34.9 Å². The van der Waals surface area contributed by atoms with Crippen molar-refractivity contribution in [2.75, 3.05) is 5.75 Å². The molecule has 1 atom stereocenters. The van der Waals surface area contributed by atoms with Gasteiger partial charge in [0.05, 0.1) is 17.5 Å². The number of hydrogen-bond donors (Lipinski definition) is 1. The number of benzene rings is 1. The van der Waals surface area contributed by atoms with Gasteiger partial charge in [-0.15, -0.1) is 11.8 Å². The zero-order valence-corrected chi connectivity index (χ0v) is 9.96. The van der Waals surface area contributed by atoms with Crippen LogP contribution in [0.3, 0.4) is 0 Å². The van der Waals surface area contributed by atoms with Crippen LogP contribution in [0.2, 0.25) is 5.02 Å². The number of aliphatic imine (C=N–C) groups is 1. The fourth-order valence-electron chi connectivity index (χ4n) is 1.50. The minimum atomic E-state index is -0.804. The summed E-state index contributed by atoms with van der Waals surface area (Å²) in [4.78, 5) is 14.9. The van der Waals surface area contributed by atoms with Crippen LogP contribution in [0.1, 0.15) is 12.0 Å². The number of rotatable bonds is 3. The predicted octanol–water partition coefficient (Wildman–Crippen LogP) is 2.68. The van der Waals surface area contributed by atoms with Crippen LogP contribution in [0.15, 0.2) is 29.3 Å². The molecule has 0 bridgehead atoms. The van der Waals surface area contributed by atoms with Crippen molar-refractivity contribution in [1.29, 1.82) is 0 Å². The van der Waals surface area contributed by atoms with Crippen molar-refractivity contribution >= 4 is 34.4 Å². The molecule has 0 spiro atoms. The van der Waals surface area contributed by atoms with E-state index >= 15 is 0 Å². The lowest BCUT2D eigenvalue weighted by atomic mass is 10.2. The van der Waals surface area contributed by atoms with Crippen LogP contribution in [-0.2, 0) is 4.79 Å². The maximum atomic E-state index is 10.6. The van der Waals surface area contributed by atoms with Gasteiger partial charge in [-0.1, -0.05) is 23.7 Å². The Hall–Kier alpha value is -1.00. The minimum absolute atomic E-state index is 0.0943. The Kier molecular flexibility index (Phi) is 3.51. The number of carboxylic acid groups (broad SMARTS) is 1. The number of nitrogens with zero attached hydrogens (tertiary/aromatic N) is 1. The van der Waals surface area contributed by atoms with Gasteiger partial charge < -0.3 is 5.11 Å². The second-order valence-corrected chi connectivity index (χ2v) is 4.95. The van der Waals surface area contributed by atoms with Crippen molar-refractivity contribution < 1.29 is 9.90 Å². The highest BCUT2D eigenvalue weighted by atomic mass is 35.5. The average molecular weight is 256 g/mol. The molecule has 1 aliphatic heterocycles. The van der Waals surface area contributed by atoms with Gasteiger partial charge >= 0.3 is 5.97 Å². The standard InChI is InChI=1S/C11H10ClNO2S/c12-8-3-1-2-7(4-8)11-13-9(6-16-11)5-10(14)15/h1-4,9H,5-6H2,(H,14,15). The molecule has 1 aromatic carbocycles. The number of carboxylic acids is 1. The van der Waals surface area contributed by atoms with Gasteiger partial charge in [0.25, 0.3) is 0 Å². The number of carbonyl (C=O) groups is 1. The molecule has 0 saturated heterocycles. The molecular weight excluding hydrogens is 246 g/mol. The van der Waals surface area contributed by atoms with Crippen LogP contribution in [-0.4, -0.2) is 27.9 Å². The van der Waals surface area contributed by atoms with Gasteiger partial charge in [-0.25, -0.2) is 0 Å². The Morgan fingerprint density at radius 3 is 3.12 bits per heavy atom. The third-order valence-electron chi connectivity index (χ3n) is 2.19. The van der Waals surface area contributed by atoms with Crippen LogP contribution in [0.5, 0.6) is 0 Å². The summed E-state index contributed by atoms with van der Waals surface area (Å²) in [5.74, 6) is -0.0737. The summed E-state index contributed by atoms with van der Waals surface area (Å²) in [6.45, 7) is 0. The summed E-state index contributed by atoms with van der Waals surface area (Å²) < 4.78 is 0. The SMILES string of the molecule is O=C(O)CC1CSC(c2cccc(Cl)c2)=N1. The smallest absolute Gasteiger partial charge is 0.305 e. The van der Waals surface area contributed by atoms with Gasteiger partial charge in [0.2, 0.25) is 0 Å². The fraction of sp³-hybridized carbons (Fsp3) is 0.273. The van der Waals surface area contributed by atoms with Crippen molar-refractivity contribution in [3.63, 3.8) is 0 Å². The van der Waals surface area contributed by atoms with Gasteiger partial charge in [0.1, 0.15) is 0 Å². The molecule has 1 unspecified atom stereocenters. The monoisotopic (exact) mass is 255 g/mol. The maximum absolute atomic E-state index is 10.6. The van der Waals surface area contributed by atoms with E-state index in [1.54, 1.807) is 17.8 Å². The third kappa shape index (κ3) is 2.77. The molecule has 0 aromatic heterocycles. The van der Waals surface area contributed by atoms with Crippen LogP contribution < -0.4 is 0 Å². The first-order valence-electron chi connectivity index (χ1n) is 4.83. The Morgan fingerprint density at radius 1 is 1.62 bits per heavy atom. The second-order valence-electron chi connectivity index (χ2n) is 3.51. The highest BCUT2D eigenvalue weighted by Crippen LogP contribution is 2.26. The van der Waals surface area contributed by atoms with Crippen LogP contribution in [0.4, 0.5) is 0 Å². The summed E-state index contributed by atoms with van der Waals surface area (Å²) >= 11 is 7.47. The van der Waals surface area contributed by atoms with Crippen molar-refractivity contribution in [3.8, 4) is 0 Å². The second kappa shape index (κ2) is 4.89. The molecule has 1 N–H and O–H groups in total. The zero-order chi connectivity index (χ0) is 11.5. The molecule has 0 fully saturated rings. The number of halogens is 1. The molecule has 16 heavy (non-hydrogen) atoms. The molecule has 3 nitrogen and oxygen atoms in total. The van der Waals surface area contributed by atoms with Crippen LogP contribution in [0, 0.1) is 0 Å². The minimum Gasteiger partial charge on any atom is -0.481 e. The first-order chi connectivity index (χ1) is 7.65. The molecule has 2 rings (SSSR count). The molecule has 1 aliphatic rings. The quantitative estimate of drug-likeness (QED) is 0.903. The van der Waals surface area contributed by atoms with Crippen molar-refractivity contribution in [1.82, 2.24) is 0 Å². The van der Waals surface area contributed by atoms with Crippen molar-refractivity contribution in [2.45, 2.75) is 12.5 Å². The molecule has 1 heterocycles. The summed E-state index contributed by atoms with van der Waals surface area (Å²) in [6, 6.07) is 7.33. The maximum Gasteiger partial charge on any atom is 0.305 e. The molecule has 0 aliphatic carbocycles. The Bertz CT molecular complexity index is 447. The van der Waals surface area contributed by atoms with E-state index in [-0.39, 0.29) is 12.5 Å². The lowest BCUT2D eigenvalue weighted by molar-refractivity contribution is -0.137. The largest absolute Gasteiger partial charge is 0.481 e. The van der Waals surface area contributed by atoms with Crippen LogP contribution in [0.25, 0.3) is 0 Å². The normalized spacial score (nSPS) is 19.6. The number of thioether (sulfide) groups is 1. The summed E-state index contributed by atoms with van der Waals surface area (Å²) in [6.07, 6.45) is 0.0943. The van der Waals surface area contributed by atoms with Crippen molar-refractivity contribution in [2.24, 2.45) is 4.99 Å². The number of hydrogen-bond acceptors (Lipinski definition) is 3. The summed E-state index contributed by atoms with van der Waals surface area (Å²) in [5.41, 5.74) is 0.963. The van der Waals surface area contributed by atoms with E-state index in [0.717, 1.165) is 16.4 Å². The molecule has 1 aromatic rings. The van der Waals surface area contributed by atoms with Gasteiger partial charge in [-0.2, -0.15) is 0 Å². The van der Waals surface area contributed by atoms with Gasteiger partial charge in [0.15, 0.2) is 0 Å². The van der Waals surface area contributed by atoms with Gasteiger partial charge in [-0.3, -0.25) is 9.79 Å². The van der Waals surface area contributed by atoms with E-state index in [4.69, 9.17) is 16.7 Å². The van der Waals surface area contributed by atoms with E-state index in [2.05, 4.69) is 4.99 Å². The fourth-order valence-corrected chi connectivity index (χ4v) is 2.75. The van der Waals surface area contributed by atoms with E-state index in [9.17, 15) is 4.79 Å². The van der Waals surface area contributed by atoms with Crippen LogP contribution >= 0.6 is 23.4 Å². The topological polar surface area (TPSA) is 49.7 Å². The molecule has 0 amide bonds. The first-order valence-corrected chi connectivity index (χ1v) is 6.20. The first kappa shape index (κ1) is 11.5. The lowest BCUT2D eigenvalue weighted by Crippen LogP contribution is -2.10. The average Bonchev–Trinajstić information content (AvgIpc) is 2.65. The van der Waals surface area contributed by atoms with Gasteiger partial charge in [0, 0.05) is 16.3 Å². The van der Waals surface area contributed by atoms with E-state index < -0.39 is 5.97 Å². The Balaban J connectivity index is 2.14. The molecular formula is C11H10ClNO2S. The van der Waals surface area contributed by atoms with E-state index in [1.807, 2.05) is 18.2 Å².